The van der Waals surface area contributed by atoms with Gasteiger partial charge in [0.05, 0.1) is 33.8 Å². The second kappa shape index (κ2) is 47.8. The molecule has 1 N–H and O–H groups in total. The van der Waals surface area contributed by atoms with Gasteiger partial charge in [0.15, 0.2) is 0 Å². The van der Waals surface area contributed by atoms with Crippen LogP contribution < -0.4 is 10.2 Å². The minimum absolute atomic E-state index is 0.0340. The lowest BCUT2D eigenvalue weighted by Crippen LogP contribution is -2.47. The van der Waals surface area contributed by atoms with Gasteiger partial charge in [0.2, 0.25) is 5.91 Å². The average Bonchev–Trinajstić information content (AvgIpc) is 3.29. The highest BCUT2D eigenvalue weighted by atomic mass is 31.2. The number of nitrogens with one attached hydrogen (secondary N) is 1. The number of carbonyl (C=O) groups excluding carboxylic acids is 2. The number of likely N-dealkylation sites (N-methyl/N-ethyl adjacent to an activating group) is 1. The minimum Gasteiger partial charge on any atom is -0.756 e. The minimum atomic E-state index is -4.70. The molecule has 0 aliphatic heterocycles. The van der Waals surface area contributed by atoms with Crippen LogP contribution in [0.2, 0.25) is 0 Å². The number of phosphoric ester groups is 1. The van der Waals surface area contributed by atoms with Crippen LogP contribution in [0.25, 0.3) is 0 Å². The van der Waals surface area contributed by atoms with E-state index in [9.17, 15) is 19.0 Å². The van der Waals surface area contributed by atoms with Gasteiger partial charge in [-0.1, -0.05) is 196 Å². The summed E-state index contributed by atoms with van der Waals surface area (Å²) >= 11 is 0. The monoisotopic (exact) mass is 971 g/mol. The zero-order valence-electron chi connectivity index (χ0n) is 44.5. The van der Waals surface area contributed by atoms with Crippen molar-refractivity contribution in [3.8, 4) is 0 Å². The number of rotatable bonds is 48. The fourth-order valence-corrected chi connectivity index (χ4v) is 8.01. The average molecular weight is 971 g/mol. The van der Waals surface area contributed by atoms with Crippen molar-refractivity contribution in [3.63, 3.8) is 0 Å². The van der Waals surface area contributed by atoms with E-state index in [1.54, 1.807) is 0 Å². The van der Waals surface area contributed by atoms with Crippen molar-refractivity contribution >= 4 is 19.7 Å². The molecule has 0 rings (SSSR count). The van der Waals surface area contributed by atoms with Gasteiger partial charge < -0.3 is 28.5 Å². The number of nitrogens with zero attached hydrogens (tertiary/aromatic N) is 1. The Labute approximate surface area is 418 Å². The van der Waals surface area contributed by atoms with E-state index < -0.39 is 26.6 Å². The smallest absolute Gasteiger partial charge is 0.306 e. The number of hydrogen-bond acceptors (Lipinski definition) is 7. The molecule has 0 radical (unpaired) electrons. The van der Waals surface area contributed by atoms with Gasteiger partial charge >= 0.3 is 5.97 Å². The quantitative estimate of drug-likeness (QED) is 0.0212. The fourth-order valence-electron chi connectivity index (χ4n) is 7.29. The Bertz CT molecular complexity index is 1440. The Morgan fingerprint density at radius 2 is 0.956 bits per heavy atom. The third-order valence-electron chi connectivity index (χ3n) is 11.6. The van der Waals surface area contributed by atoms with Gasteiger partial charge in [-0.25, -0.2) is 0 Å². The highest BCUT2D eigenvalue weighted by Gasteiger charge is 2.27. The van der Waals surface area contributed by atoms with Crippen LogP contribution in [0, 0.1) is 0 Å². The molecule has 392 valence electrons. The summed E-state index contributed by atoms with van der Waals surface area (Å²) in [6.07, 6.45) is 61.2. The van der Waals surface area contributed by atoms with Crippen LogP contribution in [0.15, 0.2) is 85.1 Å². The fraction of sp³-hybridized carbons (Fsp3) is 0.724. The summed E-state index contributed by atoms with van der Waals surface area (Å²) in [6.45, 7) is 6.63. The molecule has 0 aromatic heterocycles. The molecule has 0 spiro atoms. The maximum Gasteiger partial charge on any atom is 0.306 e. The summed E-state index contributed by atoms with van der Waals surface area (Å²) in [5, 5.41) is 2.99. The number of unbranched alkanes of at least 4 members (excludes halogenated alkanes) is 20. The second-order valence-corrected chi connectivity index (χ2v) is 20.8. The molecule has 0 aromatic rings. The van der Waals surface area contributed by atoms with Crippen molar-refractivity contribution in [2.45, 2.75) is 232 Å². The lowest BCUT2D eigenvalue weighted by atomic mass is 10.1. The van der Waals surface area contributed by atoms with Gasteiger partial charge in [0, 0.05) is 12.8 Å². The molecule has 0 fully saturated rings. The molecule has 3 atom stereocenters. The van der Waals surface area contributed by atoms with E-state index in [0.717, 1.165) is 109 Å². The molecule has 0 saturated heterocycles. The number of ether oxygens (including phenoxy) is 1. The summed E-state index contributed by atoms with van der Waals surface area (Å²) in [5.74, 6) is -0.597. The molecule has 0 aliphatic carbocycles. The summed E-state index contributed by atoms with van der Waals surface area (Å²) in [5.41, 5.74) is 0. The van der Waals surface area contributed by atoms with E-state index in [1.807, 2.05) is 33.3 Å². The Morgan fingerprint density at radius 1 is 0.529 bits per heavy atom. The van der Waals surface area contributed by atoms with Gasteiger partial charge in [0.1, 0.15) is 19.3 Å². The van der Waals surface area contributed by atoms with E-state index in [0.29, 0.717) is 23.9 Å². The van der Waals surface area contributed by atoms with Crippen LogP contribution in [-0.4, -0.2) is 69.4 Å². The zero-order chi connectivity index (χ0) is 50.1. The molecule has 10 heteroatoms. The molecule has 9 nitrogen and oxygen atoms in total. The van der Waals surface area contributed by atoms with E-state index in [-0.39, 0.29) is 31.3 Å². The second-order valence-electron chi connectivity index (χ2n) is 19.3. The van der Waals surface area contributed by atoms with Crippen LogP contribution in [0.5, 0.6) is 0 Å². The van der Waals surface area contributed by atoms with Gasteiger partial charge in [0.25, 0.3) is 7.82 Å². The standard InChI is InChI=1S/C58H103N2O7P/c1-7-10-13-16-19-22-25-27-28-29-30-31-32-33-36-38-41-44-47-50-57(61)59-55(54-66-68(63,64)65-53-52-60(4,5)6)56(49-46-43-40-37-35-26-23-20-17-14-11-8-2)67-58(62)51-48-45-42-39-34-24-21-18-15-12-9-3/h10,13,18-19,21-22,27-28,30-31,33,36,46,49,55-56H,7-9,11-12,14-17,20,23-26,29,32,34-35,37-45,47-48,50-54H2,1-6H3,(H-,59,61,63,64)/b13-10-,21-18-,22-19-,28-27-,31-30-,36-33-,49-46-. The third-order valence-corrected chi connectivity index (χ3v) is 12.5. The van der Waals surface area contributed by atoms with Crippen LogP contribution in [0.3, 0.4) is 0 Å². The molecule has 0 aromatic carbocycles. The van der Waals surface area contributed by atoms with Crippen molar-refractivity contribution in [1.82, 2.24) is 5.32 Å². The number of carbonyl (C=O) groups is 2. The van der Waals surface area contributed by atoms with Gasteiger partial charge in [-0.05, 0) is 96.0 Å². The van der Waals surface area contributed by atoms with E-state index >= 15 is 0 Å². The van der Waals surface area contributed by atoms with Crippen LogP contribution in [0.4, 0.5) is 0 Å². The normalized spacial score (nSPS) is 14.5. The lowest BCUT2D eigenvalue weighted by molar-refractivity contribution is -0.870. The largest absolute Gasteiger partial charge is 0.756 e. The first-order valence-corrected chi connectivity index (χ1v) is 28.9. The van der Waals surface area contributed by atoms with Crippen molar-refractivity contribution in [3.05, 3.63) is 85.1 Å². The first-order valence-electron chi connectivity index (χ1n) is 27.4. The van der Waals surface area contributed by atoms with Crippen molar-refractivity contribution in [1.29, 1.82) is 0 Å². The van der Waals surface area contributed by atoms with E-state index in [4.69, 9.17) is 13.8 Å². The Balaban J connectivity index is 5.42. The number of quaternary nitrogens is 1. The van der Waals surface area contributed by atoms with E-state index in [1.165, 1.54) is 64.2 Å². The Morgan fingerprint density at radius 3 is 1.49 bits per heavy atom. The molecule has 0 bridgehead atoms. The number of amides is 1. The SMILES string of the molecule is CC/C=C\C/C=C\C/C=C\C/C=C\C/C=C\CCCCCC(=O)NC(COP(=O)([O-])OCC[N+](C)(C)C)C(/C=C\CCCCCCCCCCCC)OC(=O)CCCCCCC/C=C\CCCC. The molecule has 0 saturated carbocycles. The highest BCUT2D eigenvalue weighted by molar-refractivity contribution is 7.45. The molecule has 0 heterocycles. The molecule has 1 amide bonds. The van der Waals surface area contributed by atoms with Crippen molar-refractivity contribution < 1.29 is 37.3 Å². The molecule has 68 heavy (non-hydrogen) atoms. The predicted molar refractivity (Wildman–Crippen MR) is 288 cm³/mol. The highest BCUT2D eigenvalue weighted by Crippen LogP contribution is 2.38. The van der Waals surface area contributed by atoms with Gasteiger partial charge in [-0.15, -0.1) is 0 Å². The topological polar surface area (TPSA) is 114 Å². The number of hydrogen-bond donors (Lipinski definition) is 1. The zero-order valence-corrected chi connectivity index (χ0v) is 45.4. The number of esters is 1. The summed E-state index contributed by atoms with van der Waals surface area (Å²) in [4.78, 5) is 39.7. The van der Waals surface area contributed by atoms with Crippen molar-refractivity contribution in [2.24, 2.45) is 0 Å². The lowest BCUT2D eigenvalue weighted by Gasteiger charge is -2.30. The van der Waals surface area contributed by atoms with Crippen LogP contribution in [0.1, 0.15) is 220 Å². The molecular formula is C58H103N2O7P. The summed E-state index contributed by atoms with van der Waals surface area (Å²) in [6, 6.07) is -0.911. The molecule has 0 aliphatic rings. The summed E-state index contributed by atoms with van der Waals surface area (Å²) < 4.78 is 30.1. The maximum atomic E-state index is 13.4. The van der Waals surface area contributed by atoms with Gasteiger partial charge in [-0.3, -0.25) is 14.2 Å². The predicted octanol–water partition coefficient (Wildman–Crippen LogP) is 15.6. The third kappa shape index (κ3) is 48.2. The van der Waals surface area contributed by atoms with Crippen LogP contribution >= 0.6 is 7.82 Å². The van der Waals surface area contributed by atoms with E-state index in [2.05, 4.69) is 99.0 Å². The first kappa shape index (κ1) is 65.2. The summed E-state index contributed by atoms with van der Waals surface area (Å²) in [7, 11) is 1.14. The molecular weight excluding hydrogens is 868 g/mol. The maximum absolute atomic E-state index is 13.4. The first-order chi connectivity index (χ1) is 32.9. The Kier molecular flexibility index (Phi) is 45.9. The Hall–Kier alpha value is -2.81. The number of phosphoric acid groups is 1. The van der Waals surface area contributed by atoms with Crippen molar-refractivity contribution in [2.75, 3.05) is 40.9 Å². The number of allylic oxidation sites excluding steroid dienone is 13. The van der Waals surface area contributed by atoms with Gasteiger partial charge in [-0.2, -0.15) is 0 Å². The molecule has 3 unspecified atom stereocenters. The van der Waals surface area contributed by atoms with Crippen LogP contribution in [-0.2, 0) is 27.9 Å².